The maximum Gasteiger partial charge on any atom is 0.0136 e. The molecule has 6 N–H and O–H groups in total. The van der Waals surface area contributed by atoms with E-state index in [0.29, 0.717) is 0 Å². The Balaban J connectivity index is 2.91. The van der Waals surface area contributed by atoms with Gasteiger partial charge in [0.15, 0.2) is 0 Å². The van der Waals surface area contributed by atoms with Gasteiger partial charge in [0.1, 0.15) is 0 Å². The molecule has 0 spiro atoms. The van der Waals surface area contributed by atoms with Gasteiger partial charge in [-0.25, -0.2) is 0 Å². The molecule has 0 bridgehead atoms. The van der Waals surface area contributed by atoms with Crippen molar-refractivity contribution in [2.24, 2.45) is 11.5 Å². The minimum absolute atomic E-state index is 0.235. The van der Waals surface area contributed by atoms with Gasteiger partial charge in [-0.2, -0.15) is 0 Å². The highest BCUT2D eigenvalue weighted by atomic mass is 15.0. The summed E-state index contributed by atoms with van der Waals surface area (Å²) >= 11 is 0. The largest absolute Gasteiger partial charge is 0.327 e. The summed E-state index contributed by atoms with van der Waals surface area (Å²) in [5.41, 5.74) is 11.1. The minimum Gasteiger partial charge on any atom is -0.327 e. The fourth-order valence-corrected chi connectivity index (χ4v) is 0.836. The SMILES string of the molecule is CC(N)CNCCNCC(C)N. The highest BCUT2D eigenvalue weighted by Crippen LogP contribution is 1.70. The summed E-state index contributed by atoms with van der Waals surface area (Å²) in [5, 5.41) is 6.46. The molecule has 12 heavy (non-hydrogen) atoms. The van der Waals surface area contributed by atoms with Crippen LogP contribution in [0, 0.1) is 0 Å². The number of hydrogen-bond acceptors (Lipinski definition) is 4. The van der Waals surface area contributed by atoms with Crippen LogP contribution in [0.15, 0.2) is 0 Å². The molecular weight excluding hydrogens is 152 g/mol. The van der Waals surface area contributed by atoms with Gasteiger partial charge in [0.25, 0.3) is 0 Å². The van der Waals surface area contributed by atoms with Crippen LogP contribution in [0.3, 0.4) is 0 Å². The molecule has 0 aromatic rings. The van der Waals surface area contributed by atoms with Gasteiger partial charge in [-0.3, -0.25) is 0 Å². The molecule has 0 aromatic carbocycles. The molecule has 4 nitrogen and oxygen atoms in total. The lowest BCUT2D eigenvalue weighted by Gasteiger charge is -2.09. The van der Waals surface area contributed by atoms with Crippen LogP contribution in [0.5, 0.6) is 0 Å². The molecule has 0 amide bonds. The van der Waals surface area contributed by atoms with Crippen molar-refractivity contribution in [1.29, 1.82) is 0 Å². The van der Waals surface area contributed by atoms with Gasteiger partial charge in [-0.1, -0.05) is 0 Å². The van der Waals surface area contributed by atoms with Crippen molar-refractivity contribution >= 4 is 0 Å². The molecule has 0 saturated heterocycles. The fourth-order valence-electron chi connectivity index (χ4n) is 0.836. The first-order valence-corrected chi connectivity index (χ1v) is 4.55. The maximum atomic E-state index is 5.55. The Kier molecular flexibility index (Phi) is 7.39. The van der Waals surface area contributed by atoms with E-state index in [4.69, 9.17) is 11.5 Å². The lowest BCUT2D eigenvalue weighted by atomic mass is 10.3. The highest BCUT2D eigenvalue weighted by molar-refractivity contribution is 4.61. The summed E-state index contributed by atoms with van der Waals surface area (Å²) in [4.78, 5) is 0. The third-order valence-electron chi connectivity index (χ3n) is 1.41. The van der Waals surface area contributed by atoms with E-state index >= 15 is 0 Å². The number of nitrogens with two attached hydrogens (primary N) is 2. The van der Waals surface area contributed by atoms with Crippen LogP contribution >= 0.6 is 0 Å². The summed E-state index contributed by atoms with van der Waals surface area (Å²) < 4.78 is 0. The average Bonchev–Trinajstić information content (AvgIpc) is 1.95. The monoisotopic (exact) mass is 174 g/mol. The van der Waals surface area contributed by atoms with Crippen molar-refractivity contribution in [2.45, 2.75) is 25.9 Å². The molecule has 0 radical (unpaired) electrons. The molecule has 74 valence electrons. The van der Waals surface area contributed by atoms with E-state index in [0.717, 1.165) is 26.2 Å². The average molecular weight is 174 g/mol. The summed E-state index contributed by atoms with van der Waals surface area (Å²) in [7, 11) is 0. The van der Waals surface area contributed by atoms with Crippen molar-refractivity contribution in [1.82, 2.24) is 10.6 Å². The third kappa shape index (κ3) is 9.84. The second-order valence-electron chi connectivity index (χ2n) is 3.36. The standard InChI is InChI=1S/C8H22N4/c1-7(9)5-11-3-4-12-6-8(2)10/h7-8,11-12H,3-6,9-10H2,1-2H3. The molecule has 0 heterocycles. The number of hydrogen-bond donors (Lipinski definition) is 4. The van der Waals surface area contributed by atoms with Gasteiger partial charge >= 0.3 is 0 Å². The molecule has 0 aromatic heterocycles. The van der Waals surface area contributed by atoms with Crippen LogP contribution in [0.2, 0.25) is 0 Å². The van der Waals surface area contributed by atoms with Crippen molar-refractivity contribution in [2.75, 3.05) is 26.2 Å². The predicted octanol–water partition coefficient (Wildman–Crippen LogP) is -1.14. The molecule has 0 aliphatic heterocycles. The van der Waals surface area contributed by atoms with Gasteiger partial charge in [-0.15, -0.1) is 0 Å². The first-order chi connectivity index (χ1) is 5.63. The molecule has 0 aliphatic rings. The van der Waals surface area contributed by atoms with Crippen molar-refractivity contribution in [3.8, 4) is 0 Å². The normalized spacial score (nSPS) is 16.0. The molecule has 4 heteroatoms. The molecular formula is C8H22N4. The van der Waals surface area contributed by atoms with E-state index in [1.54, 1.807) is 0 Å². The fraction of sp³-hybridized carbons (Fsp3) is 1.00. The third-order valence-corrected chi connectivity index (χ3v) is 1.41. The van der Waals surface area contributed by atoms with Crippen LogP contribution in [0.25, 0.3) is 0 Å². The van der Waals surface area contributed by atoms with Crippen LogP contribution in [0.1, 0.15) is 13.8 Å². The summed E-state index contributed by atoms with van der Waals surface area (Å²) in [6.07, 6.45) is 0. The first kappa shape index (κ1) is 11.8. The Labute approximate surface area is 75.1 Å². The Morgan fingerprint density at radius 2 is 1.25 bits per heavy atom. The van der Waals surface area contributed by atoms with Crippen molar-refractivity contribution < 1.29 is 0 Å². The van der Waals surface area contributed by atoms with Crippen LogP contribution in [-0.2, 0) is 0 Å². The quantitative estimate of drug-likeness (QED) is 0.368. The van der Waals surface area contributed by atoms with Crippen LogP contribution in [0.4, 0.5) is 0 Å². The molecule has 2 atom stereocenters. The molecule has 0 saturated carbocycles. The predicted molar refractivity (Wildman–Crippen MR) is 53.0 cm³/mol. The molecule has 0 aliphatic carbocycles. The molecule has 0 fully saturated rings. The topological polar surface area (TPSA) is 76.1 Å². The van der Waals surface area contributed by atoms with Gasteiger partial charge in [0.2, 0.25) is 0 Å². The van der Waals surface area contributed by atoms with E-state index in [9.17, 15) is 0 Å². The summed E-state index contributed by atoms with van der Waals surface area (Å²) in [5.74, 6) is 0. The first-order valence-electron chi connectivity index (χ1n) is 4.55. The van der Waals surface area contributed by atoms with Crippen LogP contribution in [-0.4, -0.2) is 38.3 Å². The number of rotatable bonds is 7. The Morgan fingerprint density at radius 3 is 1.50 bits per heavy atom. The number of nitrogens with one attached hydrogen (secondary N) is 2. The second-order valence-corrected chi connectivity index (χ2v) is 3.36. The smallest absolute Gasteiger partial charge is 0.0136 e. The zero-order chi connectivity index (χ0) is 9.40. The van der Waals surface area contributed by atoms with E-state index < -0.39 is 0 Å². The van der Waals surface area contributed by atoms with Gasteiger partial charge in [0, 0.05) is 38.3 Å². The summed E-state index contributed by atoms with van der Waals surface area (Å²) in [6.45, 7) is 7.63. The van der Waals surface area contributed by atoms with E-state index in [-0.39, 0.29) is 12.1 Å². The van der Waals surface area contributed by atoms with Crippen LogP contribution < -0.4 is 22.1 Å². The Bertz CT molecular complexity index is 81.1. The van der Waals surface area contributed by atoms with Crippen molar-refractivity contribution in [3.63, 3.8) is 0 Å². The minimum atomic E-state index is 0.235. The second kappa shape index (κ2) is 7.49. The molecule has 2 unspecified atom stereocenters. The van der Waals surface area contributed by atoms with Gasteiger partial charge < -0.3 is 22.1 Å². The van der Waals surface area contributed by atoms with E-state index in [1.807, 2.05) is 13.8 Å². The van der Waals surface area contributed by atoms with E-state index in [1.165, 1.54) is 0 Å². The lowest BCUT2D eigenvalue weighted by Crippen LogP contribution is -2.38. The molecule has 0 rings (SSSR count). The van der Waals surface area contributed by atoms with Gasteiger partial charge in [-0.05, 0) is 13.8 Å². The zero-order valence-electron chi connectivity index (χ0n) is 8.14. The maximum absolute atomic E-state index is 5.55. The van der Waals surface area contributed by atoms with Gasteiger partial charge in [0.05, 0.1) is 0 Å². The highest BCUT2D eigenvalue weighted by Gasteiger charge is 1.93. The van der Waals surface area contributed by atoms with Crippen molar-refractivity contribution in [3.05, 3.63) is 0 Å². The Morgan fingerprint density at radius 1 is 0.917 bits per heavy atom. The zero-order valence-corrected chi connectivity index (χ0v) is 8.14. The Hall–Kier alpha value is -0.160. The lowest BCUT2D eigenvalue weighted by molar-refractivity contribution is 0.555. The summed E-state index contributed by atoms with van der Waals surface area (Å²) in [6, 6.07) is 0.469. The van der Waals surface area contributed by atoms with E-state index in [2.05, 4.69) is 10.6 Å².